The molecule has 2 heterocycles. The molecule has 5 heteroatoms. The van der Waals surface area contributed by atoms with Crippen molar-refractivity contribution in [2.24, 2.45) is 0 Å². The highest BCUT2D eigenvalue weighted by molar-refractivity contribution is 5.95. The molecule has 2 N–H and O–H groups in total. The maximum absolute atomic E-state index is 11.3. The molecule has 0 aliphatic rings. The first kappa shape index (κ1) is 8.55. The first-order valence-electron chi connectivity index (χ1n) is 4.03. The molecular weight excluding hydrogens is 182 g/mol. The SMILES string of the molecule is COC(=O)c1cn2ccnc2cc1N. The summed E-state index contributed by atoms with van der Waals surface area (Å²) in [6.45, 7) is 0. The fourth-order valence-corrected chi connectivity index (χ4v) is 1.26. The molecule has 5 nitrogen and oxygen atoms in total. The number of hydrogen-bond donors (Lipinski definition) is 1. The van der Waals surface area contributed by atoms with Crippen LogP contribution in [0, 0.1) is 0 Å². The lowest BCUT2D eigenvalue weighted by Crippen LogP contribution is -2.07. The van der Waals surface area contributed by atoms with Gasteiger partial charge in [0.1, 0.15) is 5.65 Å². The number of rotatable bonds is 1. The number of methoxy groups -OCH3 is 1. The Morgan fingerprint density at radius 1 is 1.64 bits per heavy atom. The van der Waals surface area contributed by atoms with Crippen molar-refractivity contribution in [2.75, 3.05) is 12.8 Å². The number of hydrogen-bond acceptors (Lipinski definition) is 4. The number of anilines is 1. The normalized spacial score (nSPS) is 10.4. The Hall–Kier alpha value is -2.04. The molecule has 0 aromatic carbocycles. The number of aromatic nitrogens is 2. The topological polar surface area (TPSA) is 69.6 Å². The summed E-state index contributed by atoms with van der Waals surface area (Å²) in [5.41, 5.74) is 7.09. The minimum Gasteiger partial charge on any atom is -0.465 e. The maximum Gasteiger partial charge on any atom is 0.341 e. The molecule has 0 aliphatic carbocycles. The molecule has 0 radical (unpaired) electrons. The van der Waals surface area contributed by atoms with Crippen molar-refractivity contribution in [2.45, 2.75) is 0 Å². The number of ether oxygens (including phenoxy) is 1. The zero-order valence-electron chi connectivity index (χ0n) is 7.60. The minimum absolute atomic E-state index is 0.345. The van der Waals surface area contributed by atoms with Crippen LogP contribution >= 0.6 is 0 Å². The first-order chi connectivity index (χ1) is 6.72. The van der Waals surface area contributed by atoms with Gasteiger partial charge in [-0.3, -0.25) is 0 Å². The van der Waals surface area contributed by atoms with Gasteiger partial charge in [0.05, 0.1) is 18.4 Å². The first-order valence-corrected chi connectivity index (χ1v) is 4.03. The highest BCUT2D eigenvalue weighted by Crippen LogP contribution is 2.14. The van der Waals surface area contributed by atoms with Gasteiger partial charge in [-0.2, -0.15) is 0 Å². The van der Waals surface area contributed by atoms with E-state index in [4.69, 9.17) is 5.73 Å². The van der Waals surface area contributed by atoms with Crippen molar-refractivity contribution in [1.82, 2.24) is 9.38 Å². The van der Waals surface area contributed by atoms with Crippen LogP contribution in [0.1, 0.15) is 10.4 Å². The Morgan fingerprint density at radius 2 is 2.43 bits per heavy atom. The smallest absolute Gasteiger partial charge is 0.341 e. The molecule has 14 heavy (non-hydrogen) atoms. The van der Waals surface area contributed by atoms with Gasteiger partial charge in [0, 0.05) is 24.7 Å². The highest BCUT2D eigenvalue weighted by atomic mass is 16.5. The Kier molecular flexibility index (Phi) is 1.85. The number of nitrogen functional groups attached to an aromatic ring is 1. The summed E-state index contributed by atoms with van der Waals surface area (Å²) in [6.07, 6.45) is 4.97. The Morgan fingerprint density at radius 3 is 3.14 bits per heavy atom. The van der Waals surface area contributed by atoms with Crippen molar-refractivity contribution in [3.63, 3.8) is 0 Å². The molecular formula is C9H9N3O2. The fraction of sp³-hybridized carbons (Fsp3) is 0.111. The molecule has 0 aliphatic heterocycles. The average Bonchev–Trinajstić information content (AvgIpc) is 2.62. The molecule has 72 valence electrons. The van der Waals surface area contributed by atoms with Crippen LogP contribution in [0.15, 0.2) is 24.7 Å². The number of nitrogens with zero attached hydrogens (tertiary/aromatic N) is 2. The van der Waals surface area contributed by atoms with Crippen LogP contribution in [-0.2, 0) is 4.74 Å². The number of carbonyl (C=O) groups excluding carboxylic acids is 1. The fourth-order valence-electron chi connectivity index (χ4n) is 1.26. The van der Waals surface area contributed by atoms with Crippen LogP contribution in [0.5, 0.6) is 0 Å². The average molecular weight is 191 g/mol. The lowest BCUT2D eigenvalue weighted by molar-refractivity contribution is 0.0601. The lowest BCUT2D eigenvalue weighted by Gasteiger charge is -2.03. The van der Waals surface area contributed by atoms with E-state index in [0.29, 0.717) is 16.9 Å². The second-order valence-electron chi connectivity index (χ2n) is 2.83. The second kappa shape index (κ2) is 3.02. The largest absolute Gasteiger partial charge is 0.465 e. The summed E-state index contributed by atoms with van der Waals surface area (Å²) in [5, 5.41) is 0. The summed E-state index contributed by atoms with van der Waals surface area (Å²) >= 11 is 0. The van der Waals surface area contributed by atoms with Crippen molar-refractivity contribution < 1.29 is 9.53 Å². The standard InChI is InChI=1S/C9H9N3O2/c1-14-9(13)6-5-12-3-2-11-8(12)4-7(6)10/h2-5H,10H2,1H3. The van der Waals surface area contributed by atoms with Crippen molar-refractivity contribution in [3.8, 4) is 0 Å². The summed E-state index contributed by atoms with van der Waals surface area (Å²) in [7, 11) is 1.32. The van der Waals surface area contributed by atoms with E-state index in [-0.39, 0.29) is 0 Å². The molecule has 0 saturated heterocycles. The van der Waals surface area contributed by atoms with Crippen LogP contribution in [0.4, 0.5) is 5.69 Å². The van der Waals surface area contributed by atoms with E-state index in [1.807, 2.05) is 0 Å². The Labute approximate surface area is 80.1 Å². The number of esters is 1. The van der Waals surface area contributed by atoms with Crippen LogP contribution in [0.3, 0.4) is 0 Å². The highest BCUT2D eigenvalue weighted by Gasteiger charge is 2.11. The van der Waals surface area contributed by atoms with E-state index in [1.54, 1.807) is 29.1 Å². The molecule has 0 amide bonds. The van der Waals surface area contributed by atoms with Gasteiger partial charge in [-0.25, -0.2) is 9.78 Å². The van der Waals surface area contributed by atoms with E-state index in [1.165, 1.54) is 7.11 Å². The van der Waals surface area contributed by atoms with E-state index in [2.05, 4.69) is 9.72 Å². The van der Waals surface area contributed by atoms with Gasteiger partial charge in [-0.1, -0.05) is 0 Å². The molecule has 0 unspecified atom stereocenters. The minimum atomic E-state index is -0.446. The van der Waals surface area contributed by atoms with Gasteiger partial charge in [-0.05, 0) is 0 Å². The maximum atomic E-state index is 11.3. The van der Waals surface area contributed by atoms with Crippen molar-refractivity contribution in [1.29, 1.82) is 0 Å². The van der Waals surface area contributed by atoms with E-state index in [0.717, 1.165) is 0 Å². The summed E-state index contributed by atoms with van der Waals surface area (Å²) in [6, 6.07) is 1.63. The number of imidazole rings is 1. The Bertz CT molecular complexity index is 490. The van der Waals surface area contributed by atoms with Gasteiger partial charge < -0.3 is 14.9 Å². The lowest BCUT2D eigenvalue weighted by atomic mass is 10.2. The van der Waals surface area contributed by atoms with Crippen molar-refractivity contribution >= 4 is 17.3 Å². The number of pyridine rings is 1. The summed E-state index contributed by atoms with van der Waals surface area (Å²) < 4.78 is 6.30. The molecule has 2 aromatic rings. The van der Waals surface area contributed by atoms with E-state index in [9.17, 15) is 4.79 Å². The molecule has 2 aromatic heterocycles. The predicted molar refractivity (Wildman–Crippen MR) is 50.9 cm³/mol. The molecule has 0 saturated carbocycles. The zero-order chi connectivity index (χ0) is 10.1. The molecule has 0 atom stereocenters. The summed E-state index contributed by atoms with van der Waals surface area (Å²) in [4.78, 5) is 15.3. The van der Waals surface area contributed by atoms with Crippen molar-refractivity contribution in [3.05, 3.63) is 30.2 Å². The number of nitrogens with two attached hydrogens (primary N) is 1. The molecule has 0 spiro atoms. The van der Waals surface area contributed by atoms with Crippen LogP contribution < -0.4 is 5.73 Å². The van der Waals surface area contributed by atoms with Gasteiger partial charge >= 0.3 is 5.97 Å². The third-order valence-electron chi connectivity index (χ3n) is 1.97. The van der Waals surface area contributed by atoms with Crippen LogP contribution in [0.2, 0.25) is 0 Å². The second-order valence-corrected chi connectivity index (χ2v) is 2.83. The van der Waals surface area contributed by atoms with Gasteiger partial charge in [0.25, 0.3) is 0 Å². The summed E-state index contributed by atoms with van der Waals surface area (Å²) in [5.74, 6) is -0.446. The van der Waals surface area contributed by atoms with Gasteiger partial charge in [-0.15, -0.1) is 0 Å². The monoisotopic (exact) mass is 191 g/mol. The number of fused-ring (bicyclic) bond motifs is 1. The van der Waals surface area contributed by atoms with Crippen LogP contribution in [0.25, 0.3) is 5.65 Å². The van der Waals surface area contributed by atoms with E-state index < -0.39 is 5.97 Å². The third kappa shape index (κ3) is 1.19. The Balaban J connectivity index is 2.64. The number of carbonyl (C=O) groups is 1. The zero-order valence-corrected chi connectivity index (χ0v) is 7.60. The molecule has 2 rings (SSSR count). The van der Waals surface area contributed by atoms with E-state index >= 15 is 0 Å². The predicted octanol–water partition coefficient (Wildman–Crippen LogP) is 0.703. The quantitative estimate of drug-likeness (QED) is 0.674. The van der Waals surface area contributed by atoms with Gasteiger partial charge in [0.2, 0.25) is 0 Å². The molecule has 0 bridgehead atoms. The molecule has 0 fully saturated rings. The third-order valence-corrected chi connectivity index (χ3v) is 1.97. The van der Waals surface area contributed by atoms with Crippen LogP contribution in [-0.4, -0.2) is 22.5 Å². The van der Waals surface area contributed by atoms with Gasteiger partial charge in [0.15, 0.2) is 0 Å².